The number of aromatic nitrogens is 2. The van der Waals surface area contributed by atoms with E-state index in [1.54, 1.807) is 11.8 Å². The van der Waals surface area contributed by atoms with Gasteiger partial charge in [-0.05, 0) is 37.7 Å². The summed E-state index contributed by atoms with van der Waals surface area (Å²) in [5, 5.41) is 12.0. The summed E-state index contributed by atoms with van der Waals surface area (Å²) in [6.45, 7) is 0.164. The van der Waals surface area contributed by atoms with Gasteiger partial charge in [0.15, 0.2) is 0 Å². The Bertz CT molecular complexity index is 768. The van der Waals surface area contributed by atoms with Gasteiger partial charge in [0.05, 0.1) is 28.7 Å². The molecule has 0 saturated heterocycles. The molecule has 0 unspecified atom stereocenters. The van der Waals surface area contributed by atoms with Gasteiger partial charge in [-0.1, -0.05) is 12.1 Å². The van der Waals surface area contributed by atoms with Crippen LogP contribution >= 0.6 is 11.8 Å². The fourth-order valence-electron chi connectivity index (χ4n) is 3.26. The quantitative estimate of drug-likeness (QED) is 0.803. The summed E-state index contributed by atoms with van der Waals surface area (Å²) >= 11 is 1.66. The Labute approximate surface area is 144 Å². The van der Waals surface area contributed by atoms with Crippen molar-refractivity contribution in [3.05, 3.63) is 30.1 Å². The molecule has 1 aliphatic carbocycles. The van der Waals surface area contributed by atoms with Gasteiger partial charge in [-0.25, -0.2) is 4.98 Å². The molecular formula is C17H21N3O3S. The van der Waals surface area contributed by atoms with Crippen molar-refractivity contribution in [3.8, 4) is 0 Å². The second-order valence-electron chi connectivity index (χ2n) is 6.29. The molecule has 0 spiro atoms. The molecule has 2 aromatic rings. The lowest BCUT2D eigenvalue weighted by molar-refractivity contribution is -0.140. The number of rotatable bonds is 7. The Kier molecular flexibility index (Phi) is 4.80. The van der Waals surface area contributed by atoms with Gasteiger partial charge in [0.2, 0.25) is 5.91 Å². The van der Waals surface area contributed by atoms with Crippen molar-refractivity contribution >= 4 is 34.7 Å². The topological polar surface area (TPSA) is 84.2 Å². The lowest BCUT2D eigenvalue weighted by Gasteiger charge is -2.41. The summed E-state index contributed by atoms with van der Waals surface area (Å²) in [5.41, 5.74) is 1.23. The predicted octanol–water partition coefficient (Wildman–Crippen LogP) is 2.41. The zero-order valence-electron chi connectivity index (χ0n) is 13.6. The molecule has 128 valence electrons. The number of para-hydroxylation sites is 2. The Morgan fingerprint density at radius 1 is 1.38 bits per heavy atom. The van der Waals surface area contributed by atoms with E-state index in [2.05, 4.69) is 10.3 Å². The van der Waals surface area contributed by atoms with E-state index < -0.39 is 11.5 Å². The Balaban J connectivity index is 1.80. The molecule has 1 saturated carbocycles. The first kappa shape index (κ1) is 16.8. The number of thioether (sulfide) groups is 1. The van der Waals surface area contributed by atoms with Crippen LogP contribution in [-0.2, 0) is 21.9 Å². The van der Waals surface area contributed by atoms with Crippen LogP contribution in [0.2, 0.25) is 0 Å². The first-order valence-electron chi connectivity index (χ1n) is 7.99. The summed E-state index contributed by atoms with van der Waals surface area (Å²) in [6.07, 6.45) is 4.40. The van der Waals surface area contributed by atoms with Crippen LogP contribution < -0.4 is 5.32 Å². The van der Waals surface area contributed by atoms with Crippen LogP contribution in [0.15, 0.2) is 24.3 Å². The number of benzene rings is 1. The molecule has 1 aliphatic rings. The minimum atomic E-state index is -0.869. The highest BCUT2D eigenvalue weighted by Gasteiger charge is 2.40. The van der Waals surface area contributed by atoms with Crippen LogP contribution in [0.25, 0.3) is 11.0 Å². The average molecular weight is 347 g/mol. The Hall–Kier alpha value is -2.02. The molecule has 1 aromatic heterocycles. The van der Waals surface area contributed by atoms with Crippen molar-refractivity contribution in [2.45, 2.75) is 43.5 Å². The fraction of sp³-hybridized carbons (Fsp3) is 0.471. The minimum Gasteiger partial charge on any atom is -0.481 e. The maximum atomic E-state index is 12.5. The maximum absolute atomic E-state index is 12.5. The highest BCUT2D eigenvalue weighted by Crippen LogP contribution is 2.35. The van der Waals surface area contributed by atoms with Gasteiger partial charge >= 0.3 is 5.97 Å². The number of nitrogens with one attached hydrogen (secondary N) is 1. The van der Waals surface area contributed by atoms with Crippen LogP contribution in [0.5, 0.6) is 0 Å². The van der Waals surface area contributed by atoms with Gasteiger partial charge in [-0.2, -0.15) is 11.8 Å². The Morgan fingerprint density at radius 3 is 2.75 bits per heavy atom. The zero-order chi connectivity index (χ0) is 17.2. The smallest absolute Gasteiger partial charge is 0.305 e. The van der Waals surface area contributed by atoms with Crippen molar-refractivity contribution < 1.29 is 14.7 Å². The van der Waals surface area contributed by atoms with Gasteiger partial charge in [-0.3, -0.25) is 9.59 Å². The Morgan fingerprint density at radius 2 is 2.12 bits per heavy atom. The number of amides is 1. The summed E-state index contributed by atoms with van der Waals surface area (Å²) in [4.78, 5) is 28.2. The summed E-state index contributed by atoms with van der Waals surface area (Å²) < 4.78 is 1.92. The monoisotopic (exact) mass is 347 g/mol. The molecule has 0 aliphatic heterocycles. The third-order valence-corrected chi connectivity index (χ3v) is 5.06. The van der Waals surface area contributed by atoms with Gasteiger partial charge in [0.1, 0.15) is 12.4 Å². The SMILES string of the molecule is CSCc1nc2ccccc2n1CC(=O)NC1(CC(=O)O)CCC1. The molecule has 0 bridgehead atoms. The number of hydrogen-bond acceptors (Lipinski definition) is 4. The van der Waals surface area contributed by atoms with E-state index in [1.165, 1.54) is 0 Å². The summed E-state index contributed by atoms with van der Waals surface area (Å²) in [5.74, 6) is 0.565. The first-order chi connectivity index (χ1) is 11.5. The zero-order valence-corrected chi connectivity index (χ0v) is 14.4. The predicted molar refractivity (Wildman–Crippen MR) is 93.9 cm³/mol. The third kappa shape index (κ3) is 3.40. The molecule has 0 atom stereocenters. The highest BCUT2D eigenvalue weighted by molar-refractivity contribution is 7.97. The van der Waals surface area contributed by atoms with Crippen molar-refractivity contribution in [2.75, 3.05) is 6.26 Å². The molecule has 1 fully saturated rings. The maximum Gasteiger partial charge on any atom is 0.305 e. The number of carboxylic acid groups (broad SMARTS) is 1. The lowest BCUT2D eigenvalue weighted by Crippen LogP contribution is -2.55. The van der Waals surface area contributed by atoms with Crippen LogP contribution in [0.3, 0.4) is 0 Å². The number of carbonyl (C=O) groups excluding carboxylic acids is 1. The van der Waals surface area contributed by atoms with E-state index in [9.17, 15) is 9.59 Å². The molecule has 3 rings (SSSR count). The molecule has 1 aromatic carbocycles. The summed E-state index contributed by atoms with van der Waals surface area (Å²) in [6, 6.07) is 7.75. The van der Waals surface area contributed by atoms with E-state index in [1.807, 2.05) is 35.1 Å². The molecule has 0 radical (unpaired) electrons. The minimum absolute atomic E-state index is 0.0128. The number of aliphatic carboxylic acids is 1. The van der Waals surface area contributed by atoms with E-state index in [0.717, 1.165) is 41.9 Å². The number of fused-ring (bicyclic) bond motifs is 1. The van der Waals surface area contributed by atoms with Crippen LogP contribution in [0.1, 0.15) is 31.5 Å². The number of hydrogen-bond donors (Lipinski definition) is 2. The average Bonchev–Trinajstić information content (AvgIpc) is 2.83. The van der Waals surface area contributed by atoms with E-state index in [0.29, 0.717) is 0 Å². The number of carboxylic acids is 1. The standard InChI is InChI=1S/C17H21N3O3S/c1-24-11-14-18-12-5-2-3-6-13(12)20(14)10-15(21)19-17(7-4-8-17)9-16(22)23/h2-3,5-6H,4,7-11H2,1H3,(H,19,21)(H,22,23). The highest BCUT2D eigenvalue weighted by atomic mass is 32.2. The van der Waals surface area contributed by atoms with Crippen molar-refractivity contribution in [1.82, 2.24) is 14.9 Å². The van der Waals surface area contributed by atoms with Crippen LogP contribution in [0, 0.1) is 0 Å². The van der Waals surface area contributed by atoms with Gasteiger partial charge in [0.25, 0.3) is 0 Å². The molecular weight excluding hydrogens is 326 g/mol. The summed E-state index contributed by atoms with van der Waals surface area (Å²) in [7, 11) is 0. The van der Waals surface area contributed by atoms with E-state index >= 15 is 0 Å². The van der Waals surface area contributed by atoms with Gasteiger partial charge in [0, 0.05) is 0 Å². The molecule has 1 amide bonds. The van der Waals surface area contributed by atoms with Gasteiger partial charge < -0.3 is 15.0 Å². The van der Waals surface area contributed by atoms with Crippen LogP contribution in [-0.4, -0.2) is 38.3 Å². The fourth-order valence-corrected chi connectivity index (χ4v) is 3.74. The second-order valence-corrected chi connectivity index (χ2v) is 7.15. The number of carbonyl (C=O) groups is 2. The van der Waals surface area contributed by atoms with Crippen molar-refractivity contribution in [1.29, 1.82) is 0 Å². The van der Waals surface area contributed by atoms with Crippen molar-refractivity contribution in [2.24, 2.45) is 0 Å². The number of imidazole rings is 1. The van der Waals surface area contributed by atoms with E-state index in [4.69, 9.17) is 5.11 Å². The molecule has 2 N–H and O–H groups in total. The normalized spacial score (nSPS) is 15.9. The third-order valence-electron chi connectivity index (χ3n) is 4.51. The van der Waals surface area contributed by atoms with Crippen LogP contribution in [0.4, 0.5) is 0 Å². The molecule has 24 heavy (non-hydrogen) atoms. The number of nitrogens with zero attached hydrogens (tertiary/aromatic N) is 2. The molecule has 6 nitrogen and oxygen atoms in total. The first-order valence-corrected chi connectivity index (χ1v) is 9.38. The largest absolute Gasteiger partial charge is 0.481 e. The molecule has 7 heteroatoms. The van der Waals surface area contributed by atoms with Gasteiger partial charge in [-0.15, -0.1) is 0 Å². The molecule has 1 heterocycles. The van der Waals surface area contributed by atoms with E-state index in [-0.39, 0.29) is 18.9 Å². The lowest BCUT2D eigenvalue weighted by atomic mass is 9.74. The second kappa shape index (κ2) is 6.84. The van der Waals surface area contributed by atoms with Crippen molar-refractivity contribution in [3.63, 3.8) is 0 Å².